The van der Waals surface area contributed by atoms with E-state index >= 15 is 0 Å². The van der Waals surface area contributed by atoms with E-state index < -0.39 is 0 Å². The van der Waals surface area contributed by atoms with Crippen LogP contribution in [0.4, 0.5) is 0 Å². The molecule has 2 N–H and O–H groups in total. The van der Waals surface area contributed by atoms with Crippen LogP contribution in [0.25, 0.3) is 0 Å². The molecule has 0 unspecified atom stereocenters. The van der Waals surface area contributed by atoms with Crippen LogP contribution in [-0.4, -0.2) is 36.8 Å². The van der Waals surface area contributed by atoms with Crippen LogP contribution in [0.15, 0.2) is 0 Å². The lowest BCUT2D eigenvalue weighted by atomic mass is 9.74. The molecule has 0 aromatic rings. The number of nitrogens with one attached hydrogen (secondary N) is 1. The lowest BCUT2D eigenvalue weighted by Crippen LogP contribution is -2.39. The molecule has 0 aliphatic heterocycles. The van der Waals surface area contributed by atoms with Crippen molar-refractivity contribution in [3.8, 4) is 0 Å². The third-order valence-electron chi connectivity index (χ3n) is 4.20. The Balaban J connectivity index is 1.98. The second-order valence-electron chi connectivity index (χ2n) is 5.80. The van der Waals surface area contributed by atoms with Gasteiger partial charge in [-0.1, -0.05) is 32.1 Å². The van der Waals surface area contributed by atoms with Gasteiger partial charge in [-0.15, -0.1) is 0 Å². The predicted molar refractivity (Wildman–Crippen MR) is 82.3 cm³/mol. The highest BCUT2D eigenvalue weighted by Crippen LogP contribution is 2.35. The molecule has 0 amide bonds. The molecule has 3 heteroatoms. The van der Waals surface area contributed by atoms with Crippen LogP contribution in [0.2, 0.25) is 0 Å². The van der Waals surface area contributed by atoms with E-state index in [0.717, 1.165) is 13.1 Å². The number of aliphatic hydroxyl groups is 1. The molecule has 2 nitrogen and oxygen atoms in total. The lowest BCUT2D eigenvalue weighted by Gasteiger charge is -2.35. The quantitative estimate of drug-likeness (QED) is 0.598. The highest BCUT2D eigenvalue weighted by molar-refractivity contribution is 7.98. The molecule has 0 radical (unpaired) electrons. The van der Waals surface area contributed by atoms with Crippen LogP contribution in [-0.2, 0) is 0 Å². The molecule has 1 fully saturated rings. The van der Waals surface area contributed by atoms with Gasteiger partial charge in [-0.05, 0) is 44.2 Å². The first-order valence-electron chi connectivity index (χ1n) is 7.63. The van der Waals surface area contributed by atoms with Crippen molar-refractivity contribution in [2.75, 3.05) is 31.7 Å². The van der Waals surface area contributed by atoms with Crippen LogP contribution >= 0.6 is 11.8 Å². The molecule has 1 rings (SSSR count). The Bertz CT molecular complexity index is 193. The van der Waals surface area contributed by atoms with Gasteiger partial charge < -0.3 is 10.4 Å². The zero-order valence-electron chi connectivity index (χ0n) is 12.0. The molecule has 0 aromatic carbocycles. The number of thioether (sulfide) groups is 1. The van der Waals surface area contributed by atoms with Crippen molar-refractivity contribution in [3.05, 3.63) is 0 Å². The summed E-state index contributed by atoms with van der Waals surface area (Å²) in [4.78, 5) is 0. The highest BCUT2D eigenvalue weighted by Gasteiger charge is 2.30. The van der Waals surface area contributed by atoms with E-state index in [0.29, 0.717) is 6.61 Å². The smallest absolute Gasteiger partial charge is 0.0499 e. The lowest BCUT2D eigenvalue weighted by molar-refractivity contribution is 0.0814. The second kappa shape index (κ2) is 10.1. The highest BCUT2D eigenvalue weighted by atomic mass is 32.2. The van der Waals surface area contributed by atoms with Gasteiger partial charge >= 0.3 is 0 Å². The zero-order valence-corrected chi connectivity index (χ0v) is 12.9. The van der Waals surface area contributed by atoms with Crippen molar-refractivity contribution in [2.45, 2.75) is 57.8 Å². The summed E-state index contributed by atoms with van der Waals surface area (Å²) in [5.74, 6) is 1.31. The molecular weight excluding hydrogens is 242 g/mol. The van der Waals surface area contributed by atoms with Gasteiger partial charge in [0.1, 0.15) is 0 Å². The molecular formula is C15H31NOS. The third kappa shape index (κ3) is 6.44. The van der Waals surface area contributed by atoms with E-state index in [-0.39, 0.29) is 5.41 Å². The molecule has 0 saturated heterocycles. The molecule has 0 heterocycles. The van der Waals surface area contributed by atoms with Crippen molar-refractivity contribution < 1.29 is 5.11 Å². The SMILES string of the molecule is CSCCCCCCNCC1(CO)CCCCC1. The minimum absolute atomic E-state index is 0.205. The topological polar surface area (TPSA) is 32.3 Å². The van der Waals surface area contributed by atoms with Crippen LogP contribution < -0.4 is 5.32 Å². The molecule has 1 aliphatic rings. The molecule has 1 aliphatic carbocycles. The van der Waals surface area contributed by atoms with E-state index in [2.05, 4.69) is 11.6 Å². The Hall–Kier alpha value is 0.270. The van der Waals surface area contributed by atoms with Crippen LogP contribution in [0.3, 0.4) is 0 Å². The minimum Gasteiger partial charge on any atom is -0.396 e. The van der Waals surface area contributed by atoms with Gasteiger partial charge in [0.15, 0.2) is 0 Å². The minimum atomic E-state index is 0.205. The van der Waals surface area contributed by atoms with E-state index in [1.165, 1.54) is 63.5 Å². The first-order valence-corrected chi connectivity index (χ1v) is 9.03. The van der Waals surface area contributed by atoms with Crippen molar-refractivity contribution in [1.29, 1.82) is 0 Å². The van der Waals surface area contributed by atoms with Crippen LogP contribution in [0.5, 0.6) is 0 Å². The summed E-state index contributed by atoms with van der Waals surface area (Å²) >= 11 is 1.95. The van der Waals surface area contributed by atoms with Gasteiger partial charge in [0.25, 0.3) is 0 Å². The summed E-state index contributed by atoms with van der Waals surface area (Å²) < 4.78 is 0. The summed E-state index contributed by atoms with van der Waals surface area (Å²) in [6.07, 6.45) is 13.9. The number of hydrogen-bond acceptors (Lipinski definition) is 3. The van der Waals surface area contributed by atoms with Gasteiger partial charge in [-0.2, -0.15) is 11.8 Å². The van der Waals surface area contributed by atoms with Gasteiger partial charge in [-0.25, -0.2) is 0 Å². The molecule has 0 spiro atoms. The van der Waals surface area contributed by atoms with E-state index in [1.54, 1.807) is 0 Å². The van der Waals surface area contributed by atoms with E-state index in [1.807, 2.05) is 11.8 Å². The van der Waals surface area contributed by atoms with Gasteiger partial charge in [0.2, 0.25) is 0 Å². The Morgan fingerprint density at radius 3 is 2.44 bits per heavy atom. The van der Waals surface area contributed by atoms with Crippen LogP contribution in [0, 0.1) is 5.41 Å². The molecule has 18 heavy (non-hydrogen) atoms. The Morgan fingerprint density at radius 2 is 1.78 bits per heavy atom. The summed E-state index contributed by atoms with van der Waals surface area (Å²) in [5.41, 5.74) is 0.205. The maximum absolute atomic E-state index is 9.60. The Labute approximate surface area is 117 Å². The molecule has 1 saturated carbocycles. The van der Waals surface area contributed by atoms with Crippen molar-refractivity contribution >= 4 is 11.8 Å². The first-order chi connectivity index (χ1) is 8.83. The van der Waals surface area contributed by atoms with Gasteiger partial charge in [0.05, 0.1) is 0 Å². The number of aliphatic hydroxyl groups excluding tert-OH is 1. The number of hydrogen-bond donors (Lipinski definition) is 2. The average Bonchev–Trinajstić information content (AvgIpc) is 2.43. The summed E-state index contributed by atoms with van der Waals surface area (Å²) in [6.45, 7) is 2.52. The monoisotopic (exact) mass is 273 g/mol. The largest absolute Gasteiger partial charge is 0.396 e. The fourth-order valence-electron chi connectivity index (χ4n) is 2.90. The molecule has 0 atom stereocenters. The Kier molecular flexibility index (Phi) is 9.16. The van der Waals surface area contributed by atoms with Crippen molar-refractivity contribution in [2.24, 2.45) is 5.41 Å². The van der Waals surface area contributed by atoms with E-state index in [9.17, 15) is 5.11 Å². The summed E-state index contributed by atoms with van der Waals surface area (Å²) in [6, 6.07) is 0. The van der Waals surface area contributed by atoms with Gasteiger partial charge in [0, 0.05) is 18.6 Å². The summed E-state index contributed by atoms with van der Waals surface area (Å²) in [7, 11) is 0. The molecule has 0 bridgehead atoms. The first kappa shape index (κ1) is 16.3. The predicted octanol–water partition coefficient (Wildman–Crippen LogP) is 3.44. The molecule has 108 valence electrons. The fraction of sp³-hybridized carbons (Fsp3) is 1.00. The maximum atomic E-state index is 9.60. The van der Waals surface area contributed by atoms with Gasteiger partial charge in [-0.3, -0.25) is 0 Å². The third-order valence-corrected chi connectivity index (χ3v) is 4.90. The fourth-order valence-corrected chi connectivity index (χ4v) is 3.39. The van der Waals surface area contributed by atoms with Crippen molar-refractivity contribution in [1.82, 2.24) is 5.32 Å². The van der Waals surface area contributed by atoms with E-state index in [4.69, 9.17) is 0 Å². The van der Waals surface area contributed by atoms with Crippen LogP contribution in [0.1, 0.15) is 57.8 Å². The standard InChI is InChI=1S/C15H31NOS/c1-18-12-8-3-2-7-11-16-13-15(14-17)9-5-4-6-10-15/h16-17H,2-14H2,1H3. The molecule has 0 aromatic heterocycles. The Morgan fingerprint density at radius 1 is 1.06 bits per heavy atom. The normalized spacial score (nSPS) is 19.0. The average molecular weight is 273 g/mol. The number of rotatable bonds is 10. The number of unbranched alkanes of at least 4 members (excludes halogenated alkanes) is 3. The second-order valence-corrected chi connectivity index (χ2v) is 6.79. The van der Waals surface area contributed by atoms with Crippen molar-refractivity contribution in [3.63, 3.8) is 0 Å². The zero-order chi connectivity index (χ0) is 13.1. The maximum Gasteiger partial charge on any atom is 0.0499 e. The summed E-state index contributed by atoms with van der Waals surface area (Å²) in [5, 5.41) is 13.2.